The molecule has 0 unspecified atom stereocenters. The standard InChI is InChI=1S/C39H21B2NOS/c1-20-38-33-37-34-39(20)44-30-17-9-7-15-26(30)41(34)28-19-22-11-3-5-13-24(22)32-31-23-12-4-2-10-21(23)18-27(35(31)42(37)36(28)32)40(33)25-14-6-8-16-29(25)43-38/h2-19H,1H3. The average molecular weight is 573 g/mol. The van der Waals surface area contributed by atoms with E-state index in [2.05, 4.69) is 121 Å². The molecular weight excluding hydrogens is 552 g/mol. The molecule has 12 rings (SSSR count). The molecule has 0 atom stereocenters. The Bertz CT molecular complexity index is 2530. The van der Waals surface area contributed by atoms with E-state index in [1.807, 2.05) is 11.8 Å². The predicted octanol–water partition coefficient (Wildman–Crippen LogP) is 5.63. The van der Waals surface area contributed by atoms with Crippen LogP contribution in [0.25, 0.3) is 49.0 Å². The molecule has 8 aromatic rings. The molecule has 5 heterocycles. The Kier molecular flexibility index (Phi) is 3.82. The van der Waals surface area contributed by atoms with E-state index in [1.54, 1.807) is 0 Å². The van der Waals surface area contributed by atoms with Gasteiger partial charge in [-0.05, 0) is 67.9 Å². The summed E-state index contributed by atoms with van der Waals surface area (Å²) in [6, 6.07) is 40.8. The molecule has 0 aliphatic carbocycles. The molecule has 44 heavy (non-hydrogen) atoms. The molecule has 200 valence electrons. The van der Waals surface area contributed by atoms with Crippen LogP contribution in [0, 0.1) is 6.92 Å². The van der Waals surface area contributed by atoms with Gasteiger partial charge < -0.3 is 9.30 Å². The molecule has 2 nitrogen and oxygen atoms in total. The largest absolute Gasteiger partial charge is 0.458 e. The van der Waals surface area contributed by atoms with Crippen molar-refractivity contribution < 1.29 is 4.74 Å². The summed E-state index contributed by atoms with van der Waals surface area (Å²) >= 11 is 1.93. The smallest absolute Gasteiger partial charge is 0.256 e. The molecule has 0 amide bonds. The number of fused-ring (bicyclic) bond motifs is 11. The Morgan fingerprint density at radius 2 is 1.20 bits per heavy atom. The highest BCUT2D eigenvalue weighted by Gasteiger charge is 2.49. The molecular formula is C39H21B2NOS. The molecule has 0 fully saturated rings. The Morgan fingerprint density at radius 1 is 0.614 bits per heavy atom. The lowest BCUT2D eigenvalue weighted by atomic mass is 9.30. The number of hydrogen-bond donors (Lipinski definition) is 0. The molecule has 0 saturated heterocycles. The van der Waals surface area contributed by atoms with Crippen LogP contribution in [-0.4, -0.2) is 18.0 Å². The lowest BCUT2D eigenvalue weighted by Crippen LogP contribution is -2.65. The third kappa shape index (κ3) is 2.37. The molecule has 0 N–H and O–H groups in total. The van der Waals surface area contributed by atoms with Crippen molar-refractivity contribution >= 4 is 101 Å². The zero-order valence-corrected chi connectivity index (χ0v) is 24.6. The minimum absolute atomic E-state index is 0.105. The van der Waals surface area contributed by atoms with Crippen LogP contribution in [0.2, 0.25) is 0 Å². The summed E-state index contributed by atoms with van der Waals surface area (Å²) in [4.78, 5) is 2.71. The molecule has 5 heteroatoms. The summed E-state index contributed by atoms with van der Waals surface area (Å²) in [5.41, 5.74) is 13.6. The molecule has 0 spiro atoms. The first kappa shape index (κ1) is 22.6. The van der Waals surface area contributed by atoms with Crippen molar-refractivity contribution in [3.05, 3.63) is 115 Å². The van der Waals surface area contributed by atoms with Crippen LogP contribution in [0.5, 0.6) is 11.5 Å². The first-order valence-corrected chi connectivity index (χ1v) is 16.2. The van der Waals surface area contributed by atoms with Gasteiger partial charge in [0.05, 0.1) is 0 Å². The molecule has 0 saturated carbocycles. The van der Waals surface area contributed by atoms with Crippen molar-refractivity contribution in [2.75, 3.05) is 0 Å². The van der Waals surface area contributed by atoms with Gasteiger partial charge in [-0.15, -0.1) is 0 Å². The maximum atomic E-state index is 6.95. The number of ether oxygens (including phenoxy) is 1. The third-order valence-corrected chi connectivity index (χ3v) is 12.1. The van der Waals surface area contributed by atoms with Crippen molar-refractivity contribution in [1.29, 1.82) is 0 Å². The molecule has 1 aromatic heterocycles. The summed E-state index contributed by atoms with van der Waals surface area (Å²) in [5, 5.41) is 8.04. The Hall–Kier alpha value is -4.86. The van der Waals surface area contributed by atoms with Gasteiger partial charge in [0.2, 0.25) is 6.71 Å². The quantitative estimate of drug-likeness (QED) is 0.219. The maximum Gasteiger partial charge on any atom is 0.256 e. The van der Waals surface area contributed by atoms with Gasteiger partial charge in [0.25, 0.3) is 6.71 Å². The molecule has 4 aliphatic rings. The molecule has 7 aromatic carbocycles. The van der Waals surface area contributed by atoms with Crippen molar-refractivity contribution in [2.45, 2.75) is 16.7 Å². The van der Waals surface area contributed by atoms with Gasteiger partial charge in [-0.3, -0.25) is 0 Å². The summed E-state index contributed by atoms with van der Waals surface area (Å²) in [6.45, 7) is 2.56. The predicted molar refractivity (Wildman–Crippen MR) is 187 cm³/mol. The first-order chi connectivity index (χ1) is 21.8. The van der Waals surface area contributed by atoms with E-state index in [-0.39, 0.29) is 13.4 Å². The zero-order chi connectivity index (χ0) is 28.4. The van der Waals surface area contributed by atoms with Crippen LogP contribution in [0.3, 0.4) is 0 Å². The highest BCUT2D eigenvalue weighted by atomic mass is 32.2. The lowest BCUT2D eigenvalue weighted by Gasteiger charge is -2.41. The topological polar surface area (TPSA) is 14.2 Å². The van der Waals surface area contributed by atoms with Gasteiger partial charge in [0.15, 0.2) is 0 Å². The number of aromatic nitrogens is 1. The van der Waals surface area contributed by atoms with Crippen LogP contribution >= 0.6 is 11.8 Å². The highest BCUT2D eigenvalue weighted by molar-refractivity contribution is 8.00. The van der Waals surface area contributed by atoms with Gasteiger partial charge in [-0.1, -0.05) is 114 Å². The summed E-state index contributed by atoms with van der Waals surface area (Å²) < 4.78 is 9.62. The van der Waals surface area contributed by atoms with E-state index in [0.29, 0.717) is 0 Å². The van der Waals surface area contributed by atoms with Crippen molar-refractivity contribution in [3.63, 3.8) is 0 Å². The van der Waals surface area contributed by atoms with E-state index in [9.17, 15) is 0 Å². The number of benzene rings is 7. The number of nitrogens with zero attached hydrogens (tertiary/aromatic N) is 1. The first-order valence-electron chi connectivity index (χ1n) is 15.4. The third-order valence-electron chi connectivity index (χ3n) is 10.8. The second kappa shape index (κ2) is 7.43. The minimum atomic E-state index is 0.105. The number of rotatable bonds is 0. The second-order valence-electron chi connectivity index (χ2n) is 12.8. The summed E-state index contributed by atoms with van der Waals surface area (Å²) in [6.07, 6.45) is 0. The minimum Gasteiger partial charge on any atom is -0.458 e. The van der Waals surface area contributed by atoms with E-state index in [0.717, 1.165) is 11.5 Å². The highest BCUT2D eigenvalue weighted by Crippen LogP contribution is 2.47. The van der Waals surface area contributed by atoms with Crippen LogP contribution in [0.1, 0.15) is 5.56 Å². The fourth-order valence-electron chi connectivity index (χ4n) is 9.19. The van der Waals surface area contributed by atoms with E-state index in [4.69, 9.17) is 4.74 Å². The van der Waals surface area contributed by atoms with Crippen LogP contribution in [0.4, 0.5) is 0 Å². The lowest BCUT2D eigenvalue weighted by molar-refractivity contribution is 0.482. The van der Waals surface area contributed by atoms with Gasteiger partial charge in [-0.2, -0.15) is 0 Å². The molecule has 0 bridgehead atoms. The SMILES string of the molecule is Cc1c2c3c4c5c1Sc1ccccc1B5c1cc5ccccc5c5c6c7ccccc7cc(c6n-4c15)B3c1ccccc1O2. The van der Waals surface area contributed by atoms with E-state index < -0.39 is 0 Å². The average Bonchev–Trinajstić information content (AvgIpc) is 3.44. The Balaban J connectivity index is 1.44. The molecule has 4 aliphatic heterocycles. The normalized spacial score (nSPS) is 14.5. The number of para-hydroxylation sites is 1. The van der Waals surface area contributed by atoms with Gasteiger partial charge in [0, 0.05) is 42.8 Å². The summed E-state index contributed by atoms with van der Waals surface area (Å²) in [7, 11) is 0. The van der Waals surface area contributed by atoms with Crippen LogP contribution < -0.4 is 37.5 Å². The van der Waals surface area contributed by atoms with E-state index in [1.165, 1.54) is 97.2 Å². The van der Waals surface area contributed by atoms with E-state index >= 15 is 0 Å². The van der Waals surface area contributed by atoms with Gasteiger partial charge >= 0.3 is 0 Å². The fourth-order valence-corrected chi connectivity index (χ4v) is 10.4. The van der Waals surface area contributed by atoms with Crippen molar-refractivity contribution in [3.8, 4) is 17.2 Å². The van der Waals surface area contributed by atoms with Gasteiger partial charge in [-0.25, -0.2) is 0 Å². The second-order valence-corrected chi connectivity index (χ2v) is 13.8. The maximum absolute atomic E-state index is 6.95. The fraction of sp³-hybridized carbons (Fsp3) is 0.0256. The Labute approximate surface area is 258 Å². The Morgan fingerprint density at radius 3 is 1.93 bits per heavy atom. The van der Waals surface area contributed by atoms with Crippen molar-refractivity contribution in [2.24, 2.45) is 0 Å². The van der Waals surface area contributed by atoms with Crippen molar-refractivity contribution in [1.82, 2.24) is 4.57 Å². The monoisotopic (exact) mass is 573 g/mol. The van der Waals surface area contributed by atoms with Crippen LogP contribution in [-0.2, 0) is 0 Å². The zero-order valence-electron chi connectivity index (χ0n) is 23.8. The van der Waals surface area contributed by atoms with Gasteiger partial charge in [0.1, 0.15) is 11.5 Å². The molecule has 0 radical (unpaired) electrons. The van der Waals surface area contributed by atoms with Crippen LogP contribution in [0.15, 0.2) is 119 Å². The summed E-state index contributed by atoms with van der Waals surface area (Å²) in [5.74, 6) is 2.02. The number of hydrogen-bond acceptors (Lipinski definition) is 2.